The summed E-state index contributed by atoms with van der Waals surface area (Å²) in [5, 5.41) is -0.695. The van der Waals surface area contributed by atoms with Crippen molar-refractivity contribution in [2.24, 2.45) is 0 Å². The molecule has 2 aromatic rings. The molecule has 4 N–H and O–H groups in total. The summed E-state index contributed by atoms with van der Waals surface area (Å²) in [5.74, 6) is 0. The zero-order chi connectivity index (χ0) is 18.1. The molecular weight excluding hydrogens is 379 g/mol. The van der Waals surface area contributed by atoms with Crippen molar-refractivity contribution in [1.82, 2.24) is 9.71 Å². The number of halogens is 1. The SMILES string of the molecule is CCCCNS(=O)(=O)c1cc2cc(P(=O)(O)O)c(=O)[nH]c2cc1Cl. The van der Waals surface area contributed by atoms with Crippen molar-refractivity contribution >= 4 is 45.4 Å². The van der Waals surface area contributed by atoms with Crippen LogP contribution in [0.3, 0.4) is 0 Å². The van der Waals surface area contributed by atoms with Gasteiger partial charge < -0.3 is 14.8 Å². The Hall–Kier alpha value is -1.22. The zero-order valence-corrected chi connectivity index (χ0v) is 15.1. The Morgan fingerprint density at radius 3 is 2.54 bits per heavy atom. The lowest BCUT2D eigenvalue weighted by Crippen LogP contribution is -2.27. The van der Waals surface area contributed by atoms with E-state index in [1.807, 2.05) is 6.92 Å². The largest absolute Gasteiger partial charge is 0.361 e. The van der Waals surface area contributed by atoms with Crippen LogP contribution in [0.4, 0.5) is 0 Å². The molecule has 0 fully saturated rings. The highest BCUT2D eigenvalue weighted by molar-refractivity contribution is 7.89. The molecule has 0 aliphatic carbocycles. The summed E-state index contributed by atoms with van der Waals surface area (Å²) in [4.78, 5) is 32.2. The lowest BCUT2D eigenvalue weighted by molar-refractivity contribution is 0.387. The normalized spacial score (nSPS) is 12.7. The first kappa shape index (κ1) is 19.1. The molecule has 0 atom stereocenters. The number of nitrogens with one attached hydrogen (secondary N) is 2. The van der Waals surface area contributed by atoms with Crippen LogP contribution in [0, 0.1) is 0 Å². The Morgan fingerprint density at radius 1 is 1.29 bits per heavy atom. The van der Waals surface area contributed by atoms with Crippen LogP contribution in [-0.4, -0.2) is 29.7 Å². The van der Waals surface area contributed by atoms with Gasteiger partial charge >= 0.3 is 7.60 Å². The highest BCUT2D eigenvalue weighted by Crippen LogP contribution is 2.33. The van der Waals surface area contributed by atoms with Crippen LogP contribution in [0.15, 0.2) is 27.9 Å². The van der Waals surface area contributed by atoms with Gasteiger partial charge in [0.1, 0.15) is 10.2 Å². The van der Waals surface area contributed by atoms with Crippen molar-refractivity contribution < 1.29 is 22.8 Å². The molecule has 1 aromatic carbocycles. The predicted molar refractivity (Wildman–Crippen MR) is 91.4 cm³/mol. The van der Waals surface area contributed by atoms with Crippen LogP contribution in [-0.2, 0) is 14.6 Å². The van der Waals surface area contributed by atoms with Gasteiger partial charge in [0, 0.05) is 17.4 Å². The second-order valence-corrected chi connectivity index (χ2v) is 8.86. The number of benzene rings is 1. The molecule has 0 saturated carbocycles. The van der Waals surface area contributed by atoms with Crippen LogP contribution >= 0.6 is 19.2 Å². The van der Waals surface area contributed by atoms with Crippen LogP contribution in [0.25, 0.3) is 10.9 Å². The maximum atomic E-state index is 12.3. The summed E-state index contributed by atoms with van der Waals surface area (Å²) in [6.45, 7) is 2.16. The molecule has 1 heterocycles. The average molecular weight is 395 g/mol. The number of pyridine rings is 1. The number of hydrogen-bond acceptors (Lipinski definition) is 4. The van der Waals surface area contributed by atoms with Crippen LogP contribution < -0.4 is 15.6 Å². The first-order valence-corrected chi connectivity index (χ1v) is 10.5. The van der Waals surface area contributed by atoms with E-state index in [4.69, 9.17) is 11.6 Å². The van der Waals surface area contributed by atoms with Gasteiger partial charge in [0.2, 0.25) is 10.0 Å². The molecule has 0 aliphatic rings. The lowest BCUT2D eigenvalue weighted by atomic mass is 10.2. The van der Waals surface area contributed by atoms with E-state index in [1.165, 1.54) is 12.1 Å². The van der Waals surface area contributed by atoms with Gasteiger partial charge in [0.15, 0.2) is 0 Å². The number of aromatic nitrogens is 1. The molecule has 0 unspecified atom stereocenters. The fourth-order valence-electron chi connectivity index (χ4n) is 2.08. The van der Waals surface area contributed by atoms with Crippen LogP contribution in [0.5, 0.6) is 0 Å². The molecule has 0 amide bonds. The Kier molecular flexibility index (Phi) is 5.54. The standard InChI is InChI=1S/C13H16ClN2O6PS/c1-2-3-4-15-24(21,22)12-6-8-5-11(23(18,19)20)13(17)16-10(8)7-9(12)14/h5-7,15H,2-4H2,1H3,(H,16,17)(H2,18,19,20). The number of sulfonamides is 1. The van der Waals surface area contributed by atoms with Gasteiger partial charge in [-0.25, -0.2) is 13.1 Å². The summed E-state index contributed by atoms with van der Waals surface area (Å²) < 4.78 is 38.3. The van der Waals surface area contributed by atoms with E-state index in [1.54, 1.807) is 0 Å². The topological polar surface area (TPSA) is 137 Å². The van der Waals surface area contributed by atoms with Crippen molar-refractivity contribution in [3.63, 3.8) is 0 Å². The molecule has 1 aromatic heterocycles. The van der Waals surface area contributed by atoms with Gasteiger partial charge in [-0.05, 0) is 24.6 Å². The maximum Gasteiger partial charge on any atom is 0.361 e. The molecule has 0 radical (unpaired) electrons. The third-order valence-corrected chi connectivity index (χ3v) is 6.19. The van der Waals surface area contributed by atoms with Crippen molar-refractivity contribution in [2.45, 2.75) is 24.7 Å². The molecule has 132 valence electrons. The summed E-state index contributed by atoms with van der Waals surface area (Å²) in [6.07, 6.45) is 1.46. The van der Waals surface area contributed by atoms with E-state index in [2.05, 4.69) is 9.71 Å². The third-order valence-electron chi connectivity index (χ3n) is 3.30. The van der Waals surface area contributed by atoms with Gasteiger partial charge in [0.05, 0.1) is 5.02 Å². The average Bonchev–Trinajstić information content (AvgIpc) is 2.44. The number of hydrogen-bond donors (Lipinski definition) is 4. The van der Waals surface area contributed by atoms with E-state index < -0.39 is 28.5 Å². The van der Waals surface area contributed by atoms with E-state index in [9.17, 15) is 27.6 Å². The molecule has 0 saturated heterocycles. The minimum atomic E-state index is -4.79. The van der Waals surface area contributed by atoms with Crippen molar-refractivity contribution in [3.05, 3.63) is 33.6 Å². The summed E-state index contributed by atoms with van der Waals surface area (Å²) in [5.41, 5.74) is -0.779. The quantitative estimate of drug-likeness (QED) is 0.427. The van der Waals surface area contributed by atoms with Crippen molar-refractivity contribution in [2.75, 3.05) is 6.54 Å². The van der Waals surface area contributed by atoms with Gasteiger partial charge in [-0.2, -0.15) is 0 Å². The molecule has 24 heavy (non-hydrogen) atoms. The monoisotopic (exact) mass is 394 g/mol. The second kappa shape index (κ2) is 6.95. The zero-order valence-electron chi connectivity index (χ0n) is 12.6. The predicted octanol–water partition coefficient (Wildman–Crippen LogP) is 1.06. The fraction of sp³-hybridized carbons (Fsp3) is 0.308. The minimum Gasteiger partial charge on any atom is -0.321 e. The maximum absolute atomic E-state index is 12.3. The molecule has 8 nitrogen and oxygen atoms in total. The van der Waals surface area contributed by atoms with E-state index >= 15 is 0 Å². The first-order valence-electron chi connectivity index (χ1n) is 6.98. The van der Waals surface area contributed by atoms with E-state index in [0.29, 0.717) is 6.42 Å². The molecule has 0 bridgehead atoms. The van der Waals surface area contributed by atoms with Crippen molar-refractivity contribution in [1.29, 1.82) is 0 Å². The van der Waals surface area contributed by atoms with Gasteiger partial charge in [-0.15, -0.1) is 0 Å². The van der Waals surface area contributed by atoms with E-state index in [-0.39, 0.29) is 27.4 Å². The smallest absolute Gasteiger partial charge is 0.321 e. The Morgan fingerprint density at radius 2 is 1.96 bits per heavy atom. The van der Waals surface area contributed by atoms with Crippen molar-refractivity contribution in [3.8, 4) is 0 Å². The molecule has 2 rings (SSSR count). The molecule has 0 spiro atoms. The number of H-pyrrole nitrogens is 1. The Labute approximate surface area is 143 Å². The van der Waals surface area contributed by atoms with E-state index in [0.717, 1.165) is 12.5 Å². The number of rotatable bonds is 6. The summed E-state index contributed by atoms with van der Waals surface area (Å²) >= 11 is 5.99. The highest BCUT2D eigenvalue weighted by Gasteiger charge is 2.24. The van der Waals surface area contributed by atoms with Gasteiger partial charge in [-0.1, -0.05) is 24.9 Å². The van der Waals surface area contributed by atoms with Gasteiger partial charge in [-0.3, -0.25) is 9.36 Å². The number of aromatic amines is 1. The Bertz CT molecular complexity index is 982. The Balaban J connectivity index is 2.61. The second-order valence-electron chi connectivity index (χ2n) is 5.15. The van der Waals surface area contributed by atoms with Crippen LogP contribution in [0.1, 0.15) is 19.8 Å². The number of unbranched alkanes of at least 4 members (excludes halogenated alkanes) is 1. The lowest BCUT2D eigenvalue weighted by Gasteiger charge is -2.10. The molecular formula is C13H16ClN2O6PS. The third kappa shape index (κ3) is 4.05. The first-order chi connectivity index (χ1) is 11.1. The molecule has 11 heteroatoms. The number of fused-ring (bicyclic) bond motifs is 1. The minimum absolute atomic E-state index is 0.105. The summed E-state index contributed by atoms with van der Waals surface area (Å²) in [6, 6.07) is 3.37. The summed E-state index contributed by atoms with van der Waals surface area (Å²) in [7, 11) is -8.67. The fourth-order valence-corrected chi connectivity index (χ4v) is 4.34. The molecule has 0 aliphatic heterocycles. The van der Waals surface area contributed by atoms with Crippen LogP contribution in [0.2, 0.25) is 5.02 Å². The highest BCUT2D eigenvalue weighted by atomic mass is 35.5. The van der Waals surface area contributed by atoms with Gasteiger partial charge in [0.25, 0.3) is 5.56 Å².